The van der Waals surface area contributed by atoms with Crippen molar-refractivity contribution in [2.45, 2.75) is 0 Å². The zero-order valence-corrected chi connectivity index (χ0v) is 18.9. The number of fused-ring (bicyclic) bond motifs is 2. The highest BCUT2D eigenvalue weighted by atomic mass is 35.5. The number of aromatic nitrogens is 4. The third-order valence-electron chi connectivity index (χ3n) is 5.21. The van der Waals surface area contributed by atoms with E-state index < -0.39 is 0 Å². The maximum atomic E-state index is 11.7. The number of nitrogens with zero attached hydrogens (tertiary/aromatic N) is 4. The summed E-state index contributed by atoms with van der Waals surface area (Å²) in [7, 11) is 1.94. The van der Waals surface area contributed by atoms with Gasteiger partial charge in [0, 0.05) is 29.9 Å². The van der Waals surface area contributed by atoms with Crippen molar-refractivity contribution in [1.82, 2.24) is 19.5 Å². The fraction of sp³-hybridized carbons (Fsp3) is 0.0400. The maximum Gasteiger partial charge on any atom is 0.247 e. The summed E-state index contributed by atoms with van der Waals surface area (Å²) >= 11 is 6.51. The quantitative estimate of drug-likeness (QED) is 0.303. The van der Waals surface area contributed by atoms with Crippen LogP contribution in [0.25, 0.3) is 21.9 Å². The maximum absolute atomic E-state index is 11.7. The number of rotatable bonds is 6. The van der Waals surface area contributed by atoms with Crippen LogP contribution >= 0.6 is 11.6 Å². The van der Waals surface area contributed by atoms with E-state index in [1.165, 1.54) is 12.4 Å². The van der Waals surface area contributed by atoms with E-state index in [0.29, 0.717) is 28.0 Å². The average Bonchev–Trinajstić information content (AvgIpc) is 3.21. The van der Waals surface area contributed by atoms with Gasteiger partial charge in [0.15, 0.2) is 0 Å². The number of aryl methyl sites for hydroxylation is 1. The summed E-state index contributed by atoms with van der Waals surface area (Å²) in [6.07, 6.45) is 4.44. The van der Waals surface area contributed by atoms with Gasteiger partial charge in [0.2, 0.25) is 5.91 Å². The Morgan fingerprint density at radius 2 is 1.88 bits per heavy atom. The molecule has 0 aliphatic carbocycles. The van der Waals surface area contributed by atoms with Gasteiger partial charge in [-0.3, -0.25) is 4.79 Å². The molecule has 0 saturated carbocycles. The molecule has 2 heterocycles. The van der Waals surface area contributed by atoms with E-state index in [1.807, 2.05) is 41.9 Å². The number of amides is 1. The third-order valence-corrected chi connectivity index (χ3v) is 5.50. The Morgan fingerprint density at radius 3 is 2.71 bits per heavy atom. The summed E-state index contributed by atoms with van der Waals surface area (Å²) < 4.78 is 7.93. The molecular formula is C25H19ClN6O2. The number of imidazole rings is 1. The lowest BCUT2D eigenvalue weighted by Gasteiger charge is -2.12. The Kier molecular flexibility index (Phi) is 5.57. The van der Waals surface area contributed by atoms with Crippen molar-refractivity contribution < 1.29 is 9.53 Å². The smallest absolute Gasteiger partial charge is 0.247 e. The Balaban J connectivity index is 1.39. The van der Waals surface area contributed by atoms with E-state index >= 15 is 0 Å². The van der Waals surface area contributed by atoms with Crippen LogP contribution < -0.4 is 15.4 Å². The molecule has 168 valence electrons. The minimum absolute atomic E-state index is 0.296. The first kappa shape index (κ1) is 21.4. The SMILES string of the molecule is C=CC(=O)Nc1ccc2ncnc(Nc3ccc(Oc4ccc5c(c4)ncn5C)c(Cl)c3)c2c1. The second-order valence-electron chi connectivity index (χ2n) is 7.53. The van der Waals surface area contributed by atoms with E-state index in [2.05, 4.69) is 32.2 Å². The van der Waals surface area contributed by atoms with Gasteiger partial charge in [-0.1, -0.05) is 18.2 Å². The molecule has 2 aromatic heterocycles. The molecule has 2 N–H and O–H groups in total. The van der Waals surface area contributed by atoms with Gasteiger partial charge in [-0.05, 0) is 54.6 Å². The summed E-state index contributed by atoms with van der Waals surface area (Å²) in [6, 6.07) is 16.5. The van der Waals surface area contributed by atoms with Gasteiger partial charge in [-0.15, -0.1) is 0 Å². The summed E-state index contributed by atoms with van der Waals surface area (Å²) in [5.41, 5.74) is 3.92. The van der Waals surface area contributed by atoms with E-state index in [1.54, 1.807) is 30.6 Å². The molecule has 5 aromatic rings. The molecule has 5 rings (SSSR count). The van der Waals surface area contributed by atoms with Crippen molar-refractivity contribution in [2.75, 3.05) is 10.6 Å². The predicted molar refractivity (Wildman–Crippen MR) is 134 cm³/mol. The highest BCUT2D eigenvalue weighted by Crippen LogP contribution is 2.34. The van der Waals surface area contributed by atoms with Gasteiger partial charge in [-0.25, -0.2) is 15.0 Å². The van der Waals surface area contributed by atoms with Crippen LogP contribution in [0, 0.1) is 0 Å². The lowest BCUT2D eigenvalue weighted by atomic mass is 10.2. The molecule has 0 saturated heterocycles. The summed E-state index contributed by atoms with van der Waals surface area (Å²) in [6.45, 7) is 3.47. The molecule has 0 aliphatic heterocycles. The fourth-order valence-corrected chi connectivity index (χ4v) is 3.75. The second kappa shape index (κ2) is 8.84. The number of carbonyl (C=O) groups is 1. The van der Waals surface area contributed by atoms with Crippen LogP contribution in [0.3, 0.4) is 0 Å². The molecule has 8 nitrogen and oxygen atoms in total. The van der Waals surface area contributed by atoms with Gasteiger partial charge in [-0.2, -0.15) is 0 Å². The van der Waals surface area contributed by atoms with Crippen LogP contribution in [-0.4, -0.2) is 25.4 Å². The Hall–Kier alpha value is -4.43. The number of benzene rings is 3. The van der Waals surface area contributed by atoms with Crippen LogP contribution in [0.1, 0.15) is 0 Å². The number of ether oxygens (including phenoxy) is 1. The molecule has 0 unspecified atom stereocenters. The zero-order valence-electron chi connectivity index (χ0n) is 18.1. The second-order valence-corrected chi connectivity index (χ2v) is 7.93. The first-order valence-electron chi connectivity index (χ1n) is 10.3. The normalized spacial score (nSPS) is 10.9. The highest BCUT2D eigenvalue weighted by Gasteiger charge is 2.10. The van der Waals surface area contributed by atoms with Crippen molar-refractivity contribution in [1.29, 1.82) is 0 Å². The van der Waals surface area contributed by atoms with Gasteiger partial charge in [0.25, 0.3) is 0 Å². The predicted octanol–water partition coefficient (Wildman–Crippen LogP) is 5.83. The Labute approximate surface area is 199 Å². The molecular weight excluding hydrogens is 452 g/mol. The first-order chi connectivity index (χ1) is 16.5. The highest BCUT2D eigenvalue weighted by molar-refractivity contribution is 6.32. The molecule has 0 bridgehead atoms. The fourth-order valence-electron chi connectivity index (χ4n) is 3.53. The summed E-state index contributed by atoms with van der Waals surface area (Å²) in [5, 5.41) is 7.18. The standard InChI is InChI=1S/C25H19ClN6O2/c1-3-24(33)30-15-4-7-20-18(10-15)25(28-13-27-20)31-16-5-9-23(19(26)11-16)34-17-6-8-22-21(12-17)29-14-32(22)2/h3-14H,1H2,2H3,(H,30,33)(H,27,28,31). The number of hydrogen-bond acceptors (Lipinski definition) is 6. The van der Waals surface area contributed by atoms with Crippen molar-refractivity contribution in [3.8, 4) is 11.5 Å². The number of halogens is 1. The number of carbonyl (C=O) groups excluding carboxylic acids is 1. The molecule has 0 spiro atoms. The first-order valence-corrected chi connectivity index (χ1v) is 10.7. The van der Waals surface area contributed by atoms with Gasteiger partial charge >= 0.3 is 0 Å². The lowest BCUT2D eigenvalue weighted by Crippen LogP contribution is -2.07. The Morgan fingerprint density at radius 1 is 1.03 bits per heavy atom. The Bertz CT molecular complexity index is 1560. The van der Waals surface area contributed by atoms with Crippen molar-refractivity contribution >= 4 is 56.6 Å². The molecule has 0 atom stereocenters. The molecule has 1 amide bonds. The lowest BCUT2D eigenvalue weighted by molar-refractivity contribution is -0.111. The monoisotopic (exact) mass is 470 g/mol. The van der Waals surface area contributed by atoms with Gasteiger partial charge < -0.3 is 19.9 Å². The minimum atomic E-state index is -0.296. The number of nitrogens with one attached hydrogen (secondary N) is 2. The topological polar surface area (TPSA) is 94.0 Å². The van der Waals surface area contributed by atoms with Crippen LogP contribution in [-0.2, 0) is 11.8 Å². The zero-order chi connectivity index (χ0) is 23.7. The van der Waals surface area contributed by atoms with E-state index in [4.69, 9.17) is 16.3 Å². The van der Waals surface area contributed by atoms with Gasteiger partial charge in [0.1, 0.15) is 23.6 Å². The van der Waals surface area contributed by atoms with E-state index in [-0.39, 0.29) is 5.91 Å². The summed E-state index contributed by atoms with van der Waals surface area (Å²) in [4.78, 5) is 24.7. The van der Waals surface area contributed by atoms with Crippen LogP contribution in [0.15, 0.2) is 79.9 Å². The molecule has 0 fully saturated rings. The van der Waals surface area contributed by atoms with Crippen molar-refractivity contribution in [3.05, 3.63) is 84.9 Å². The van der Waals surface area contributed by atoms with Crippen molar-refractivity contribution in [2.24, 2.45) is 7.05 Å². The average molecular weight is 471 g/mol. The van der Waals surface area contributed by atoms with Crippen LogP contribution in [0.5, 0.6) is 11.5 Å². The minimum Gasteiger partial charge on any atom is -0.456 e. The molecule has 34 heavy (non-hydrogen) atoms. The molecule has 9 heteroatoms. The largest absolute Gasteiger partial charge is 0.456 e. The molecule has 3 aromatic carbocycles. The van der Waals surface area contributed by atoms with Gasteiger partial charge in [0.05, 0.1) is 27.9 Å². The number of anilines is 3. The van der Waals surface area contributed by atoms with Crippen LogP contribution in [0.4, 0.5) is 17.2 Å². The van der Waals surface area contributed by atoms with E-state index in [9.17, 15) is 4.79 Å². The van der Waals surface area contributed by atoms with Crippen molar-refractivity contribution in [3.63, 3.8) is 0 Å². The van der Waals surface area contributed by atoms with E-state index in [0.717, 1.165) is 27.6 Å². The summed E-state index contributed by atoms with van der Waals surface area (Å²) in [5.74, 6) is 1.44. The molecule has 0 aliphatic rings. The van der Waals surface area contributed by atoms with Crippen LogP contribution in [0.2, 0.25) is 5.02 Å². The molecule has 0 radical (unpaired) electrons. The number of hydrogen-bond donors (Lipinski definition) is 2. The third kappa shape index (κ3) is 4.26.